The maximum Gasteiger partial charge on any atom is 0.234 e. The average molecular weight is 361 g/mol. The molecule has 0 fully saturated rings. The highest BCUT2D eigenvalue weighted by Crippen LogP contribution is 2.33. The number of fused-ring (bicyclic) bond motifs is 1. The van der Waals surface area contributed by atoms with Gasteiger partial charge in [0.1, 0.15) is 5.01 Å². The Kier molecular flexibility index (Phi) is 3.77. The van der Waals surface area contributed by atoms with Gasteiger partial charge in [0.2, 0.25) is 4.96 Å². The van der Waals surface area contributed by atoms with Crippen LogP contribution in [0.15, 0.2) is 48.5 Å². The molecule has 4 rings (SSSR count). The molecule has 0 radical (unpaired) electrons. The van der Waals surface area contributed by atoms with Gasteiger partial charge in [0, 0.05) is 17.0 Å². The Morgan fingerprint density at radius 2 is 1.83 bits per heavy atom. The molecule has 0 N–H and O–H groups in total. The van der Waals surface area contributed by atoms with Crippen molar-refractivity contribution in [2.75, 3.05) is 0 Å². The smallest absolute Gasteiger partial charge is 0.187 e. The van der Waals surface area contributed by atoms with Gasteiger partial charge in [-0.3, -0.25) is 0 Å². The van der Waals surface area contributed by atoms with E-state index in [4.69, 9.17) is 23.2 Å². The number of halogens is 2. The molecule has 0 spiro atoms. The van der Waals surface area contributed by atoms with Crippen molar-refractivity contribution in [3.63, 3.8) is 0 Å². The third kappa shape index (κ3) is 2.83. The standard InChI is InChI=1S/C16H10Cl2N4S/c17-11-6-7-13(18)12(9-11)15-21-22-14(19-20-16(22)23-15)8-10-4-2-1-3-5-10/h1-7,9H,8H2. The first-order valence-electron chi connectivity index (χ1n) is 6.91. The lowest BCUT2D eigenvalue weighted by Crippen LogP contribution is -1.97. The van der Waals surface area contributed by atoms with E-state index in [1.807, 2.05) is 24.3 Å². The maximum absolute atomic E-state index is 6.26. The van der Waals surface area contributed by atoms with E-state index in [2.05, 4.69) is 27.4 Å². The second-order valence-corrected chi connectivity index (χ2v) is 6.80. The lowest BCUT2D eigenvalue weighted by atomic mass is 10.1. The zero-order valence-electron chi connectivity index (χ0n) is 11.8. The molecule has 0 atom stereocenters. The molecule has 114 valence electrons. The van der Waals surface area contributed by atoms with Crippen LogP contribution in [0.4, 0.5) is 0 Å². The highest BCUT2D eigenvalue weighted by atomic mass is 35.5. The van der Waals surface area contributed by atoms with Crippen LogP contribution in [0, 0.1) is 0 Å². The van der Waals surface area contributed by atoms with E-state index in [1.165, 1.54) is 11.3 Å². The van der Waals surface area contributed by atoms with Gasteiger partial charge in [-0.05, 0) is 23.8 Å². The summed E-state index contributed by atoms with van der Waals surface area (Å²) in [5.74, 6) is 0.798. The molecular formula is C16H10Cl2N4S. The van der Waals surface area contributed by atoms with Crippen molar-refractivity contribution in [3.05, 3.63) is 70.0 Å². The molecule has 4 nitrogen and oxygen atoms in total. The van der Waals surface area contributed by atoms with Gasteiger partial charge in [-0.1, -0.05) is 64.9 Å². The summed E-state index contributed by atoms with van der Waals surface area (Å²) in [5.41, 5.74) is 1.97. The minimum atomic E-state index is 0.615. The van der Waals surface area contributed by atoms with E-state index < -0.39 is 0 Å². The number of hydrogen-bond acceptors (Lipinski definition) is 4. The molecule has 2 aromatic heterocycles. The van der Waals surface area contributed by atoms with Gasteiger partial charge in [-0.15, -0.1) is 10.2 Å². The second-order valence-electron chi connectivity index (χ2n) is 5.00. The largest absolute Gasteiger partial charge is 0.234 e. The molecule has 0 saturated carbocycles. The topological polar surface area (TPSA) is 43.1 Å². The zero-order chi connectivity index (χ0) is 15.8. The minimum absolute atomic E-state index is 0.615. The summed E-state index contributed by atoms with van der Waals surface area (Å²) in [5, 5.41) is 15.1. The van der Waals surface area contributed by atoms with Gasteiger partial charge in [0.25, 0.3) is 0 Å². The number of aromatic nitrogens is 4. The van der Waals surface area contributed by atoms with Crippen LogP contribution in [0.1, 0.15) is 11.4 Å². The third-order valence-electron chi connectivity index (χ3n) is 3.42. The predicted molar refractivity (Wildman–Crippen MR) is 93.4 cm³/mol. The molecule has 0 bridgehead atoms. The monoisotopic (exact) mass is 360 g/mol. The van der Waals surface area contributed by atoms with Gasteiger partial charge in [0.05, 0.1) is 5.02 Å². The number of nitrogens with zero attached hydrogens (tertiary/aromatic N) is 4. The lowest BCUT2D eigenvalue weighted by Gasteiger charge is -2.00. The Bertz CT molecular complexity index is 978. The van der Waals surface area contributed by atoms with Crippen LogP contribution < -0.4 is 0 Å². The first-order valence-corrected chi connectivity index (χ1v) is 8.48. The minimum Gasteiger partial charge on any atom is -0.187 e. The van der Waals surface area contributed by atoms with Crippen LogP contribution in [0.2, 0.25) is 10.0 Å². The molecule has 0 aliphatic heterocycles. The van der Waals surface area contributed by atoms with E-state index in [1.54, 1.807) is 16.6 Å². The Morgan fingerprint density at radius 1 is 1.00 bits per heavy atom. The molecule has 0 aliphatic rings. The van der Waals surface area contributed by atoms with E-state index in [0.29, 0.717) is 16.5 Å². The normalized spacial score (nSPS) is 11.2. The predicted octanol–water partition coefficient (Wildman–Crippen LogP) is 4.75. The quantitative estimate of drug-likeness (QED) is 0.529. The third-order valence-corrected chi connectivity index (χ3v) is 4.92. The Labute approximate surface area is 146 Å². The fourth-order valence-electron chi connectivity index (χ4n) is 2.32. The highest BCUT2D eigenvalue weighted by Gasteiger charge is 2.15. The summed E-state index contributed by atoms with van der Waals surface area (Å²) in [6.45, 7) is 0. The Balaban J connectivity index is 1.76. The van der Waals surface area contributed by atoms with Crippen molar-refractivity contribution in [2.24, 2.45) is 0 Å². The summed E-state index contributed by atoms with van der Waals surface area (Å²) in [7, 11) is 0. The summed E-state index contributed by atoms with van der Waals surface area (Å²) < 4.78 is 1.77. The zero-order valence-corrected chi connectivity index (χ0v) is 14.1. The SMILES string of the molecule is Clc1ccc(Cl)c(-c2nn3c(Cc4ccccc4)nnc3s2)c1. The van der Waals surface area contributed by atoms with Crippen molar-refractivity contribution in [3.8, 4) is 10.6 Å². The molecule has 0 amide bonds. The van der Waals surface area contributed by atoms with Crippen molar-refractivity contribution < 1.29 is 0 Å². The van der Waals surface area contributed by atoms with Gasteiger partial charge >= 0.3 is 0 Å². The molecule has 0 unspecified atom stereocenters. The molecule has 4 aromatic rings. The molecule has 2 heterocycles. The van der Waals surface area contributed by atoms with Crippen LogP contribution in [0.5, 0.6) is 0 Å². The summed E-state index contributed by atoms with van der Waals surface area (Å²) in [4.78, 5) is 0.738. The van der Waals surface area contributed by atoms with Crippen LogP contribution in [-0.2, 0) is 6.42 Å². The summed E-state index contributed by atoms with van der Waals surface area (Å²) in [6, 6.07) is 15.5. The highest BCUT2D eigenvalue weighted by molar-refractivity contribution is 7.19. The molecule has 7 heteroatoms. The van der Waals surface area contributed by atoms with Gasteiger partial charge in [-0.25, -0.2) is 0 Å². The van der Waals surface area contributed by atoms with Gasteiger partial charge in [-0.2, -0.15) is 9.61 Å². The maximum atomic E-state index is 6.26. The van der Waals surface area contributed by atoms with Crippen LogP contribution >= 0.6 is 34.5 Å². The average Bonchev–Trinajstić information content (AvgIpc) is 3.13. The molecule has 0 saturated heterocycles. The van der Waals surface area contributed by atoms with Crippen LogP contribution in [0.3, 0.4) is 0 Å². The molecule has 2 aromatic carbocycles. The summed E-state index contributed by atoms with van der Waals surface area (Å²) >= 11 is 13.8. The fourth-order valence-corrected chi connectivity index (χ4v) is 3.64. The molecular weight excluding hydrogens is 351 g/mol. The van der Waals surface area contributed by atoms with Crippen molar-refractivity contribution >= 4 is 39.5 Å². The van der Waals surface area contributed by atoms with Crippen molar-refractivity contribution in [1.29, 1.82) is 0 Å². The second kappa shape index (κ2) is 5.92. The van der Waals surface area contributed by atoms with Gasteiger partial charge in [0.15, 0.2) is 5.82 Å². The van der Waals surface area contributed by atoms with Crippen molar-refractivity contribution in [1.82, 2.24) is 19.8 Å². The Morgan fingerprint density at radius 3 is 2.65 bits per heavy atom. The Hall–Kier alpha value is -1.95. The van der Waals surface area contributed by atoms with Gasteiger partial charge < -0.3 is 0 Å². The van der Waals surface area contributed by atoms with E-state index in [9.17, 15) is 0 Å². The first-order chi connectivity index (χ1) is 11.2. The summed E-state index contributed by atoms with van der Waals surface area (Å²) in [6.07, 6.45) is 0.675. The fraction of sp³-hybridized carbons (Fsp3) is 0.0625. The lowest BCUT2D eigenvalue weighted by molar-refractivity contribution is 0.854. The van der Waals surface area contributed by atoms with E-state index in [-0.39, 0.29) is 0 Å². The number of benzene rings is 2. The first kappa shape index (κ1) is 14.6. The number of rotatable bonds is 3. The van der Waals surface area contributed by atoms with Crippen LogP contribution in [0.25, 0.3) is 15.5 Å². The molecule has 23 heavy (non-hydrogen) atoms. The van der Waals surface area contributed by atoms with Crippen molar-refractivity contribution in [2.45, 2.75) is 6.42 Å². The van der Waals surface area contributed by atoms with Crippen LogP contribution in [-0.4, -0.2) is 19.8 Å². The van der Waals surface area contributed by atoms with E-state index >= 15 is 0 Å². The molecule has 0 aliphatic carbocycles. The number of hydrogen-bond donors (Lipinski definition) is 0. The van der Waals surface area contributed by atoms with E-state index in [0.717, 1.165) is 26.9 Å².